The molecule has 0 aromatic heterocycles. The van der Waals surface area contributed by atoms with Gasteiger partial charge in [-0.05, 0) is 30.9 Å². The third-order valence-electron chi connectivity index (χ3n) is 2.06. The predicted octanol–water partition coefficient (Wildman–Crippen LogP) is 4.23. The zero-order valence-corrected chi connectivity index (χ0v) is 8.96. The van der Waals surface area contributed by atoms with Crippen LogP contribution in [0.15, 0.2) is 29.8 Å². The third kappa shape index (κ3) is 3.06. The molecule has 0 fully saturated rings. The van der Waals surface area contributed by atoms with Gasteiger partial charge in [0.15, 0.2) is 0 Å². The van der Waals surface area contributed by atoms with Crippen LogP contribution in [-0.4, -0.2) is 0 Å². The van der Waals surface area contributed by atoms with Crippen LogP contribution in [-0.2, 0) is 0 Å². The molecule has 0 spiro atoms. The summed E-state index contributed by atoms with van der Waals surface area (Å²) in [7, 11) is 0. The van der Waals surface area contributed by atoms with Gasteiger partial charge in [0.2, 0.25) is 0 Å². The summed E-state index contributed by atoms with van der Waals surface area (Å²) in [5.41, 5.74) is 4.05. The van der Waals surface area contributed by atoms with Crippen molar-refractivity contribution >= 4 is 6.08 Å². The van der Waals surface area contributed by atoms with E-state index in [-0.39, 0.29) is 0 Å². The molecule has 70 valence electrons. The maximum absolute atomic E-state index is 2.22. The van der Waals surface area contributed by atoms with E-state index in [0.29, 0.717) is 5.92 Å². The molecule has 0 N–H and O–H groups in total. The van der Waals surface area contributed by atoms with E-state index in [4.69, 9.17) is 0 Å². The van der Waals surface area contributed by atoms with E-state index in [2.05, 4.69) is 58.0 Å². The first kappa shape index (κ1) is 10.0. The summed E-state index contributed by atoms with van der Waals surface area (Å²) in [6.07, 6.45) is 2.20. The van der Waals surface area contributed by atoms with E-state index in [1.807, 2.05) is 0 Å². The van der Waals surface area contributed by atoms with Crippen LogP contribution in [0.25, 0.3) is 6.08 Å². The average molecular weight is 174 g/mol. The molecule has 0 aliphatic heterocycles. The molecule has 0 nitrogen and oxygen atoms in total. The van der Waals surface area contributed by atoms with Gasteiger partial charge >= 0.3 is 0 Å². The Morgan fingerprint density at radius 3 is 2.00 bits per heavy atom. The number of benzene rings is 1. The SMILES string of the molecule is CC(C)=Cc1ccc(C(C)C)cc1. The van der Waals surface area contributed by atoms with Crippen molar-refractivity contribution in [2.24, 2.45) is 0 Å². The van der Waals surface area contributed by atoms with Gasteiger partial charge in [-0.1, -0.05) is 49.8 Å². The molecule has 0 amide bonds. The second-order valence-corrected chi connectivity index (χ2v) is 4.04. The molecule has 1 rings (SSSR count). The molecule has 13 heavy (non-hydrogen) atoms. The van der Waals surface area contributed by atoms with E-state index in [1.54, 1.807) is 0 Å². The van der Waals surface area contributed by atoms with Crippen molar-refractivity contribution in [3.05, 3.63) is 41.0 Å². The van der Waals surface area contributed by atoms with Gasteiger partial charge in [0.1, 0.15) is 0 Å². The van der Waals surface area contributed by atoms with Gasteiger partial charge in [0.25, 0.3) is 0 Å². The molecule has 0 atom stereocenters. The summed E-state index contributed by atoms with van der Waals surface area (Å²) in [5.74, 6) is 0.626. The number of hydrogen-bond donors (Lipinski definition) is 0. The quantitative estimate of drug-likeness (QED) is 0.629. The largest absolute Gasteiger partial charge is 0.0758 e. The minimum Gasteiger partial charge on any atom is -0.0758 e. The van der Waals surface area contributed by atoms with Gasteiger partial charge in [-0.3, -0.25) is 0 Å². The Hall–Kier alpha value is -1.04. The van der Waals surface area contributed by atoms with Crippen molar-refractivity contribution in [1.82, 2.24) is 0 Å². The van der Waals surface area contributed by atoms with E-state index in [0.717, 1.165) is 0 Å². The minimum atomic E-state index is 0.626. The lowest BCUT2D eigenvalue weighted by molar-refractivity contribution is 0.866. The molecule has 0 saturated carbocycles. The van der Waals surface area contributed by atoms with Crippen LogP contribution in [0.1, 0.15) is 44.7 Å². The molecule has 0 heteroatoms. The summed E-state index contributed by atoms with van der Waals surface area (Å²) < 4.78 is 0. The predicted molar refractivity (Wildman–Crippen MR) is 59.9 cm³/mol. The van der Waals surface area contributed by atoms with Crippen molar-refractivity contribution < 1.29 is 0 Å². The van der Waals surface area contributed by atoms with Crippen molar-refractivity contribution in [3.8, 4) is 0 Å². The molecule has 0 aliphatic rings. The molecule has 0 radical (unpaired) electrons. The molecule has 0 aliphatic carbocycles. The fraction of sp³-hybridized carbons (Fsp3) is 0.385. The monoisotopic (exact) mass is 174 g/mol. The zero-order chi connectivity index (χ0) is 9.84. The van der Waals surface area contributed by atoms with Crippen molar-refractivity contribution in [2.75, 3.05) is 0 Å². The molecule has 0 unspecified atom stereocenters. The van der Waals surface area contributed by atoms with Crippen molar-refractivity contribution in [1.29, 1.82) is 0 Å². The number of allylic oxidation sites excluding steroid dienone is 1. The van der Waals surface area contributed by atoms with E-state index >= 15 is 0 Å². The first-order valence-electron chi connectivity index (χ1n) is 4.84. The topological polar surface area (TPSA) is 0 Å². The molecule has 0 bridgehead atoms. The zero-order valence-electron chi connectivity index (χ0n) is 8.96. The van der Waals surface area contributed by atoms with Crippen LogP contribution in [0.3, 0.4) is 0 Å². The van der Waals surface area contributed by atoms with Crippen LogP contribution in [0.5, 0.6) is 0 Å². The Kier molecular flexibility index (Phi) is 3.30. The highest BCUT2D eigenvalue weighted by Gasteiger charge is 1.96. The Morgan fingerprint density at radius 1 is 1.08 bits per heavy atom. The maximum atomic E-state index is 2.22. The normalized spacial score (nSPS) is 10.2. The Bertz CT molecular complexity index is 284. The van der Waals surface area contributed by atoms with Crippen molar-refractivity contribution in [2.45, 2.75) is 33.6 Å². The highest BCUT2D eigenvalue weighted by Crippen LogP contribution is 2.15. The first-order valence-corrected chi connectivity index (χ1v) is 4.84. The molecular weight excluding hydrogens is 156 g/mol. The molecule has 1 aromatic rings. The summed E-state index contributed by atoms with van der Waals surface area (Å²) in [6, 6.07) is 8.78. The Balaban J connectivity index is 2.88. The smallest absolute Gasteiger partial charge is 0.0219 e. The van der Waals surface area contributed by atoms with Gasteiger partial charge in [0.05, 0.1) is 0 Å². The fourth-order valence-electron chi connectivity index (χ4n) is 1.31. The minimum absolute atomic E-state index is 0.626. The van der Waals surface area contributed by atoms with E-state index in [1.165, 1.54) is 16.7 Å². The third-order valence-corrected chi connectivity index (χ3v) is 2.06. The second kappa shape index (κ2) is 4.27. The van der Waals surface area contributed by atoms with Crippen molar-refractivity contribution in [3.63, 3.8) is 0 Å². The van der Waals surface area contributed by atoms with Gasteiger partial charge < -0.3 is 0 Å². The highest BCUT2D eigenvalue weighted by molar-refractivity contribution is 5.52. The Labute approximate surface area is 81.3 Å². The lowest BCUT2D eigenvalue weighted by Crippen LogP contribution is -1.86. The summed E-state index contributed by atoms with van der Waals surface area (Å²) >= 11 is 0. The van der Waals surface area contributed by atoms with Crippen LogP contribution in [0.2, 0.25) is 0 Å². The van der Waals surface area contributed by atoms with Crippen LogP contribution < -0.4 is 0 Å². The van der Waals surface area contributed by atoms with Gasteiger partial charge in [-0.25, -0.2) is 0 Å². The van der Waals surface area contributed by atoms with E-state index in [9.17, 15) is 0 Å². The van der Waals surface area contributed by atoms with Crippen LogP contribution in [0, 0.1) is 0 Å². The van der Waals surface area contributed by atoms with Crippen LogP contribution in [0.4, 0.5) is 0 Å². The first-order chi connectivity index (χ1) is 6.09. The lowest BCUT2D eigenvalue weighted by Gasteiger charge is -2.04. The molecule has 0 heterocycles. The maximum Gasteiger partial charge on any atom is -0.0219 e. The molecule has 0 saturated heterocycles. The fourth-order valence-corrected chi connectivity index (χ4v) is 1.31. The molecular formula is C13H18. The van der Waals surface area contributed by atoms with Gasteiger partial charge in [-0.15, -0.1) is 0 Å². The number of rotatable bonds is 2. The standard InChI is InChI=1S/C13H18/c1-10(2)9-12-5-7-13(8-6-12)11(3)4/h5-9,11H,1-4H3. The molecule has 1 aromatic carbocycles. The highest BCUT2D eigenvalue weighted by atomic mass is 14.0. The van der Waals surface area contributed by atoms with Gasteiger partial charge in [0, 0.05) is 0 Å². The number of hydrogen-bond acceptors (Lipinski definition) is 0. The summed E-state index contributed by atoms with van der Waals surface area (Å²) in [4.78, 5) is 0. The van der Waals surface area contributed by atoms with Gasteiger partial charge in [-0.2, -0.15) is 0 Å². The summed E-state index contributed by atoms with van der Waals surface area (Å²) in [5, 5.41) is 0. The Morgan fingerprint density at radius 2 is 1.62 bits per heavy atom. The lowest BCUT2D eigenvalue weighted by atomic mass is 10.0. The second-order valence-electron chi connectivity index (χ2n) is 4.04. The van der Waals surface area contributed by atoms with Crippen LogP contribution >= 0.6 is 0 Å². The average Bonchev–Trinajstić information content (AvgIpc) is 2.04. The van der Waals surface area contributed by atoms with E-state index < -0.39 is 0 Å². The summed E-state index contributed by atoms with van der Waals surface area (Å²) in [6.45, 7) is 8.68.